The second-order valence-corrected chi connectivity index (χ2v) is 6.31. The van der Waals surface area contributed by atoms with E-state index in [1.54, 1.807) is 0 Å². The van der Waals surface area contributed by atoms with Crippen molar-refractivity contribution in [2.45, 2.75) is 38.1 Å². The van der Waals surface area contributed by atoms with Crippen molar-refractivity contribution in [1.29, 1.82) is 0 Å². The highest BCUT2D eigenvalue weighted by atomic mass is 79.9. The minimum absolute atomic E-state index is 0.230. The Hall–Kier alpha value is -0.540. The van der Waals surface area contributed by atoms with Gasteiger partial charge in [0.05, 0.1) is 6.42 Å². The molecule has 1 aromatic rings. The van der Waals surface area contributed by atoms with Crippen molar-refractivity contribution < 1.29 is 4.79 Å². The van der Waals surface area contributed by atoms with Gasteiger partial charge in [0.1, 0.15) is 0 Å². The quantitative estimate of drug-likeness (QED) is 0.756. The molecule has 4 heteroatoms. The number of carbonyl (C=O) groups excluding carboxylic acids is 1. The minimum atomic E-state index is 0.230. The number of benzene rings is 1. The Morgan fingerprint density at radius 1 is 1.42 bits per heavy atom. The molecule has 1 saturated heterocycles. The molecule has 1 aliphatic heterocycles. The van der Waals surface area contributed by atoms with Crippen LogP contribution in [0.25, 0.3) is 0 Å². The van der Waals surface area contributed by atoms with Crippen LogP contribution in [0, 0.1) is 0 Å². The number of halogens is 2. The molecule has 1 aromatic carbocycles. The lowest BCUT2D eigenvalue weighted by Gasteiger charge is -2.35. The monoisotopic (exact) mass is 343 g/mol. The third-order valence-electron chi connectivity index (χ3n) is 3.63. The maximum atomic E-state index is 12.4. The van der Waals surface area contributed by atoms with Crippen LogP contribution >= 0.6 is 27.5 Å². The standard InChI is InChI=1S/C15H19BrClNO/c16-13-5-3-4-12(10-13)11-15(19)18-9-2-1-6-14(18)7-8-17/h3-5,10,14H,1-2,6-9,11H2. The first kappa shape index (κ1) is 14.9. The number of hydrogen-bond acceptors (Lipinski definition) is 1. The molecule has 2 nitrogen and oxygen atoms in total. The van der Waals surface area contributed by atoms with Gasteiger partial charge in [0.25, 0.3) is 0 Å². The van der Waals surface area contributed by atoms with E-state index in [1.165, 1.54) is 6.42 Å². The van der Waals surface area contributed by atoms with Gasteiger partial charge in [-0.2, -0.15) is 0 Å². The lowest BCUT2D eigenvalue weighted by atomic mass is 9.99. The van der Waals surface area contributed by atoms with Crippen LogP contribution in [0.5, 0.6) is 0 Å². The molecule has 0 saturated carbocycles. The lowest BCUT2D eigenvalue weighted by molar-refractivity contribution is -0.134. The van der Waals surface area contributed by atoms with E-state index in [-0.39, 0.29) is 5.91 Å². The first-order valence-electron chi connectivity index (χ1n) is 6.80. The number of hydrogen-bond donors (Lipinski definition) is 0. The molecule has 1 aliphatic rings. The smallest absolute Gasteiger partial charge is 0.227 e. The Morgan fingerprint density at radius 2 is 2.26 bits per heavy atom. The highest BCUT2D eigenvalue weighted by Gasteiger charge is 2.25. The van der Waals surface area contributed by atoms with E-state index >= 15 is 0 Å². The summed E-state index contributed by atoms with van der Waals surface area (Å²) in [5.74, 6) is 0.860. The van der Waals surface area contributed by atoms with Crippen LogP contribution in [0.1, 0.15) is 31.2 Å². The third kappa shape index (κ3) is 4.22. The van der Waals surface area contributed by atoms with E-state index in [0.717, 1.165) is 35.8 Å². The molecule has 1 amide bonds. The zero-order valence-electron chi connectivity index (χ0n) is 10.9. The molecule has 2 rings (SSSR count). The summed E-state index contributed by atoms with van der Waals surface area (Å²) in [6, 6.07) is 8.30. The molecule has 104 valence electrons. The van der Waals surface area contributed by atoms with Crippen molar-refractivity contribution >= 4 is 33.4 Å². The fraction of sp³-hybridized carbons (Fsp3) is 0.533. The summed E-state index contributed by atoms with van der Waals surface area (Å²) in [6.45, 7) is 0.883. The summed E-state index contributed by atoms with van der Waals surface area (Å²) in [7, 11) is 0. The number of nitrogens with zero attached hydrogens (tertiary/aromatic N) is 1. The van der Waals surface area contributed by atoms with Gasteiger partial charge in [-0.3, -0.25) is 4.79 Å². The summed E-state index contributed by atoms with van der Waals surface area (Å²) >= 11 is 9.28. The Kier molecular flexibility index (Phi) is 5.71. The van der Waals surface area contributed by atoms with E-state index in [1.807, 2.05) is 29.2 Å². The maximum absolute atomic E-state index is 12.4. The van der Waals surface area contributed by atoms with Crippen molar-refractivity contribution in [1.82, 2.24) is 4.90 Å². The van der Waals surface area contributed by atoms with Crippen molar-refractivity contribution in [3.8, 4) is 0 Å². The third-order valence-corrected chi connectivity index (χ3v) is 4.35. The average Bonchev–Trinajstić information content (AvgIpc) is 2.39. The molecule has 0 aromatic heterocycles. The average molecular weight is 345 g/mol. The van der Waals surface area contributed by atoms with E-state index in [2.05, 4.69) is 15.9 Å². The second-order valence-electron chi connectivity index (χ2n) is 5.02. The molecule has 1 heterocycles. The van der Waals surface area contributed by atoms with Crippen LogP contribution in [0.3, 0.4) is 0 Å². The Labute approximate surface area is 128 Å². The largest absolute Gasteiger partial charge is 0.339 e. The summed E-state index contributed by atoms with van der Waals surface area (Å²) in [5.41, 5.74) is 1.06. The Morgan fingerprint density at radius 3 is 3.00 bits per heavy atom. The highest BCUT2D eigenvalue weighted by molar-refractivity contribution is 9.10. The molecule has 0 bridgehead atoms. The van der Waals surface area contributed by atoms with Crippen molar-refractivity contribution in [3.63, 3.8) is 0 Å². The SMILES string of the molecule is O=C(Cc1cccc(Br)c1)N1CCCCC1CCCl. The molecule has 1 atom stereocenters. The number of carbonyl (C=O) groups is 1. The van der Waals surface area contributed by atoms with Crippen LogP contribution < -0.4 is 0 Å². The van der Waals surface area contributed by atoms with Crippen LogP contribution in [-0.2, 0) is 11.2 Å². The molecular weight excluding hydrogens is 326 g/mol. The molecule has 1 fully saturated rings. The van der Waals surface area contributed by atoms with Crippen molar-refractivity contribution in [2.24, 2.45) is 0 Å². The maximum Gasteiger partial charge on any atom is 0.227 e. The molecule has 0 N–H and O–H groups in total. The van der Waals surface area contributed by atoms with Gasteiger partial charge >= 0.3 is 0 Å². The normalized spacial score (nSPS) is 19.5. The van der Waals surface area contributed by atoms with Gasteiger partial charge in [0, 0.05) is 22.9 Å². The van der Waals surface area contributed by atoms with Crippen molar-refractivity contribution in [3.05, 3.63) is 34.3 Å². The second kappa shape index (κ2) is 7.30. The zero-order valence-corrected chi connectivity index (χ0v) is 13.3. The first-order valence-corrected chi connectivity index (χ1v) is 8.13. The van der Waals surface area contributed by atoms with Gasteiger partial charge in [0.2, 0.25) is 5.91 Å². The van der Waals surface area contributed by atoms with E-state index in [0.29, 0.717) is 18.3 Å². The number of rotatable bonds is 4. The van der Waals surface area contributed by atoms with E-state index in [4.69, 9.17) is 11.6 Å². The number of likely N-dealkylation sites (tertiary alicyclic amines) is 1. The Balaban J connectivity index is 2.01. The summed E-state index contributed by atoms with van der Waals surface area (Å²) in [6.07, 6.45) is 4.81. The van der Waals surface area contributed by atoms with Crippen molar-refractivity contribution in [2.75, 3.05) is 12.4 Å². The number of piperidine rings is 1. The lowest BCUT2D eigenvalue weighted by Crippen LogP contribution is -2.44. The molecule has 1 unspecified atom stereocenters. The zero-order chi connectivity index (χ0) is 13.7. The predicted octanol–water partition coefficient (Wildman–Crippen LogP) is 4.00. The van der Waals surface area contributed by atoms with Crippen LogP contribution in [0.2, 0.25) is 0 Å². The van der Waals surface area contributed by atoms with E-state index < -0.39 is 0 Å². The molecule has 0 spiro atoms. The molecule has 19 heavy (non-hydrogen) atoms. The fourth-order valence-electron chi connectivity index (χ4n) is 2.68. The van der Waals surface area contributed by atoms with Crippen LogP contribution in [0.4, 0.5) is 0 Å². The molecule has 0 radical (unpaired) electrons. The first-order chi connectivity index (χ1) is 9.20. The van der Waals surface area contributed by atoms with Crippen LogP contribution in [0.15, 0.2) is 28.7 Å². The Bertz CT molecular complexity index is 436. The molecule has 0 aliphatic carbocycles. The van der Waals surface area contributed by atoms with Gasteiger partial charge in [-0.25, -0.2) is 0 Å². The topological polar surface area (TPSA) is 20.3 Å². The molecular formula is C15H19BrClNO. The fourth-order valence-corrected chi connectivity index (χ4v) is 3.38. The van der Waals surface area contributed by atoms with Gasteiger partial charge < -0.3 is 4.90 Å². The van der Waals surface area contributed by atoms with E-state index in [9.17, 15) is 4.79 Å². The minimum Gasteiger partial charge on any atom is -0.339 e. The van der Waals surface area contributed by atoms with Gasteiger partial charge in [-0.15, -0.1) is 11.6 Å². The highest BCUT2D eigenvalue weighted by Crippen LogP contribution is 2.21. The van der Waals surface area contributed by atoms with Gasteiger partial charge in [0.15, 0.2) is 0 Å². The number of amides is 1. The van der Waals surface area contributed by atoms with Gasteiger partial charge in [-0.05, 0) is 43.4 Å². The predicted molar refractivity (Wildman–Crippen MR) is 82.5 cm³/mol. The summed E-state index contributed by atoms with van der Waals surface area (Å²) in [4.78, 5) is 14.5. The summed E-state index contributed by atoms with van der Waals surface area (Å²) in [5, 5.41) is 0. The van der Waals surface area contributed by atoms with Crippen LogP contribution in [-0.4, -0.2) is 29.3 Å². The number of alkyl halides is 1. The van der Waals surface area contributed by atoms with Gasteiger partial charge in [-0.1, -0.05) is 28.1 Å². The summed E-state index contributed by atoms with van der Waals surface area (Å²) < 4.78 is 1.02.